The molecular formula is C17H16ClFO2. The summed E-state index contributed by atoms with van der Waals surface area (Å²) in [7, 11) is 0. The largest absolute Gasteiger partial charge is 0.483 e. The Morgan fingerprint density at radius 3 is 2.48 bits per heavy atom. The number of ether oxygens (including phenoxy) is 1. The van der Waals surface area contributed by atoms with Crippen LogP contribution >= 0.6 is 11.6 Å². The lowest BCUT2D eigenvalue weighted by Crippen LogP contribution is -2.24. The first-order valence-corrected chi connectivity index (χ1v) is 6.99. The number of halogens is 2. The molecule has 0 heterocycles. The molecule has 0 aromatic heterocycles. The van der Waals surface area contributed by atoms with Crippen LogP contribution in [0.4, 0.5) is 4.39 Å². The number of carbonyl (C=O) groups is 1. The molecule has 1 unspecified atom stereocenters. The molecule has 0 aliphatic carbocycles. The predicted molar refractivity (Wildman–Crippen MR) is 81.7 cm³/mol. The van der Waals surface area contributed by atoms with Crippen molar-refractivity contribution in [2.75, 3.05) is 0 Å². The van der Waals surface area contributed by atoms with E-state index >= 15 is 0 Å². The predicted octanol–water partition coefficient (Wildman–Crippen LogP) is 4.75. The number of rotatable bonds is 4. The number of Topliss-reactive ketones (excluding diaryl/α,β-unsaturated/α-hetero) is 1. The van der Waals surface area contributed by atoms with Crippen LogP contribution in [0.3, 0.4) is 0 Å². The van der Waals surface area contributed by atoms with Gasteiger partial charge in [-0.15, -0.1) is 0 Å². The van der Waals surface area contributed by atoms with Crippen LogP contribution in [-0.4, -0.2) is 11.9 Å². The Morgan fingerprint density at radius 2 is 1.86 bits per heavy atom. The third-order valence-corrected chi connectivity index (χ3v) is 3.65. The first-order valence-electron chi connectivity index (χ1n) is 6.61. The van der Waals surface area contributed by atoms with Gasteiger partial charge in [0.05, 0.1) is 5.02 Å². The molecule has 0 aliphatic rings. The van der Waals surface area contributed by atoms with Crippen LogP contribution in [0.5, 0.6) is 5.75 Å². The molecule has 1 atom stereocenters. The van der Waals surface area contributed by atoms with E-state index in [1.54, 1.807) is 13.0 Å². The summed E-state index contributed by atoms with van der Waals surface area (Å²) in [6, 6.07) is 9.55. The Labute approximate surface area is 128 Å². The molecule has 0 saturated heterocycles. The molecule has 0 saturated carbocycles. The van der Waals surface area contributed by atoms with Gasteiger partial charge in [-0.3, -0.25) is 4.79 Å². The highest BCUT2D eigenvalue weighted by atomic mass is 35.5. The molecule has 110 valence electrons. The lowest BCUT2D eigenvalue weighted by atomic mass is 10.0. The molecule has 21 heavy (non-hydrogen) atoms. The van der Waals surface area contributed by atoms with E-state index in [2.05, 4.69) is 0 Å². The van der Waals surface area contributed by atoms with E-state index in [1.807, 2.05) is 26.0 Å². The third-order valence-electron chi connectivity index (χ3n) is 3.36. The fraction of sp³-hybridized carbons (Fsp3) is 0.235. The zero-order valence-corrected chi connectivity index (χ0v) is 12.9. The van der Waals surface area contributed by atoms with E-state index in [0.717, 1.165) is 11.1 Å². The smallest absolute Gasteiger partial charge is 0.203 e. The van der Waals surface area contributed by atoms with Gasteiger partial charge in [0.25, 0.3) is 0 Å². The van der Waals surface area contributed by atoms with Crippen molar-refractivity contribution in [2.24, 2.45) is 0 Å². The van der Waals surface area contributed by atoms with Crippen LogP contribution in [0, 0.1) is 19.7 Å². The summed E-state index contributed by atoms with van der Waals surface area (Å²) < 4.78 is 18.6. The summed E-state index contributed by atoms with van der Waals surface area (Å²) in [5, 5.41) is -0.0293. The van der Waals surface area contributed by atoms with Gasteiger partial charge in [0.2, 0.25) is 5.78 Å². The second-order valence-corrected chi connectivity index (χ2v) is 5.41. The molecule has 0 spiro atoms. The van der Waals surface area contributed by atoms with E-state index in [9.17, 15) is 9.18 Å². The maximum atomic E-state index is 13.1. The number of benzene rings is 2. The van der Waals surface area contributed by atoms with Crippen molar-refractivity contribution in [3.8, 4) is 5.75 Å². The molecule has 0 bridgehead atoms. The first kappa shape index (κ1) is 15.5. The first-order chi connectivity index (χ1) is 9.88. The van der Waals surface area contributed by atoms with E-state index in [1.165, 1.54) is 18.2 Å². The topological polar surface area (TPSA) is 26.3 Å². The summed E-state index contributed by atoms with van der Waals surface area (Å²) >= 11 is 5.69. The number of ketones is 1. The molecule has 0 fully saturated rings. The molecule has 0 N–H and O–H groups in total. The van der Waals surface area contributed by atoms with E-state index in [-0.39, 0.29) is 10.8 Å². The molecule has 0 amide bonds. The van der Waals surface area contributed by atoms with E-state index < -0.39 is 11.9 Å². The quantitative estimate of drug-likeness (QED) is 0.762. The van der Waals surface area contributed by atoms with Gasteiger partial charge in [0.15, 0.2) is 6.10 Å². The minimum atomic E-state index is -0.673. The summed E-state index contributed by atoms with van der Waals surface area (Å²) in [6.45, 7) is 5.61. The highest BCUT2D eigenvalue weighted by molar-refractivity contribution is 6.30. The van der Waals surface area contributed by atoms with Crippen molar-refractivity contribution in [3.63, 3.8) is 0 Å². The molecule has 4 heteroatoms. The van der Waals surface area contributed by atoms with Gasteiger partial charge >= 0.3 is 0 Å². The van der Waals surface area contributed by atoms with E-state index in [4.69, 9.17) is 16.3 Å². The van der Waals surface area contributed by atoms with Crippen molar-refractivity contribution in [1.29, 1.82) is 0 Å². The monoisotopic (exact) mass is 306 g/mol. The minimum Gasteiger partial charge on any atom is -0.483 e. The van der Waals surface area contributed by atoms with E-state index in [0.29, 0.717) is 11.3 Å². The van der Waals surface area contributed by atoms with Gasteiger partial charge in [-0.25, -0.2) is 4.39 Å². The van der Waals surface area contributed by atoms with Crippen LogP contribution in [-0.2, 0) is 0 Å². The summed E-state index contributed by atoms with van der Waals surface area (Å²) in [5.41, 5.74) is 2.78. The van der Waals surface area contributed by atoms with Gasteiger partial charge < -0.3 is 4.74 Å². The molecule has 0 radical (unpaired) electrons. The van der Waals surface area contributed by atoms with Crippen LogP contribution in [0.15, 0.2) is 36.4 Å². The standard InChI is InChI=1S/C17H16ClFO2/c1-10-4-5-13(8-11(10)2)17(20)12(3)21-14-6-7-16(19)15(18)9-14/h4-9,12H,1-3H3. The van der Waals surface area contributed by atoms with Crippen LogP contribution in [0.25, 0.3) is 0 Å². The number of carbonyl (C=O) groups excluding carboxylic acids is 1. The Morgan fingerprint density at radius 1 is 1.14 bits per heavy atom. The summed E-state index contributed by atoms with van der Waals surface area (Å²) in [4.78, 5) is 12.3. The lowest BCUT2D eigenvalue weighted by Gasteiger charge is -2.14. The Hall–Kier alpha value is -1.87. The zero-order chi connectivity index (χ0) is 15.6. The highest BCUT2D eigenvalue weighted by Gasteiger charge is 2.17. The molecule has 2 nitrogen and oxygen atoms in total. The Kier molecular flexibility index (Phi) is 4.63. The van der Waals surface area contributed by atoms with Crippen LogP contribution in [0.1, 0.15) is 28.4 Å². The maximum absolute atomic E-state index is 13.1. The average molecular weight is 307 g/mol. The van der Waals surface area contributed by atoms with Crippen molar-refractivity contribution < 1.29 is 13.9 Å². The SMILES string of the molecule is Cc1ccc(C(=O)C(C)Oc2ccc(F)c(Cl)c2)cc1C. The zero-order valence-electron chi connectivity index (χ0n) is 12.1. The second kappa shape index (κ2) is 6.27. The second-order valence-electron chi connectivity index (χ2n) is 5.00. The molecule has 2 aromatic carbocycles. The van der Waals surface area contributed by atoms with Gasteiger partial charge in [-0.05, 0) is 50.1 Å². The summed E-state index contributed by atoms with van der Waals surface area (Å²) in [6.07, 6.45) is -0.673. The highest BCUT2D eigenvalue weighted by Crippen LogP contribution is 2.23. The number of hydrogen-bond acceptors (Lipinski definition) is 2. The Balaban J connectivity index is 2.15. The molecule has 2 aromatic rings. The molecular weight excluding hydrogens is 291 g/mol. The lowest BCUT2D eigenvalue weighted by molar-refractivity contribution is 0.0818. The van der Waals surface area contributed by atoms with Crippen molar-refractivity contribution in [1.82, 2.24) is 0 Å². The minimum absolute atomic E-state index is 0.0293. The third kappa shape index (κ3) is 3.61. The van der Waals surface area contributed by atoms with Crippen LogP contribution < -0.4 is 4.74 Å². The maximum Gasteiger partial charge on any atom is 0.203 e. The Bertz CT molecular complexity index is 682. The van der Waals surface area contributed by atoms with Gasteiger partial charge in [-0.2, -0.15) is 0 Å². The molecule has 2 rings (SSSR count). The van der Waals surface area contributed by atoms with Gasteiger partial charge in [-0.1, -0.05) is 23.7 Å². The fourth-order valence-electron chi connectivity index (χ4n) is 1.94. The number of aryl methyl sites for hydroxylation is 2. The molecule has 0 aliphatic heterocycles. The van der Waals surface area contributed by atoms with Crippen molar-refractivity contribution >= 4 is 17.4 Å². The van der Waals surface area contributed by atoms with Crippen molar-refractivity contribution in [2.45, 2.75) is 26.9 Å². The van der Waals surface area contributed by atoms with Crippen molar-refractivity contribution in [3.05, 3.63) is 63.9 Å². The average Bonchev–Trinajstić information content (AvgIpc) is 2.45. The summed E-state index contributed by atoms with van der Waals surface area (Å²) in [5.74, 6) is -0.276. The van der Waals surface area contributed by atoms with Gasteiger partial charge in [0, 0.05) is 11.6 Å². The normalized spacial score (nSPS) is 12.0. The van der Waals surface area contributed by atoms with Gasteiger partial charge in [0.1, 0.15) is 11.6 Å². The number of hydrogen-bond donors (Lipinski definition) is 0. The van der Waals surface area contributed by atoms with Crippen LogP contribution in [0.2, 0.25) is 5.02 Å². The fourth-order valence-corrected chi connectivity index (χ4v) is 2.11.